The molecule has 6 nitrogen and oxygen atoms in total. The third-order valence-corrected chi connectivity index (χ3v) is 6.41. The molecule has 0 atom stereocenters. The number of rotatable bonds is 5. The molecular formula is C20H20N2O4S. The monoisotopic (exact) mass is 384 g/mol. The summed E-state index contributed by atoms with van der Waals surface area (Å²) in [5.74, 6) is -1.15. The van der Waals surface area contributed by atoms with Crippen molar-refractivity contribution in [3.8, 4) is 0 Å². The summed E-state index contributed by atoms with van der Waals surface area (Å²) in [5, 5.41) is 4.98. The van der Waals surface area contributed by atoms with Gasteiger partial charge in [-0.05, 0) is 36.4 Å². The lowest BCUT2D eigenvalue weighted by Crippen LogP contribution is -2.47. The van der Waals surface area contributed by atoms with Crippen LogP contribution in [-0.2, 0) is 14.9 Å². The normalized spacial score (nSPS) is 18.4. The number of amides is 3. The van der Waals surface area contributed by atoms with Gasteiger partial charge < -0.3 is 10.1 Å². The van der Waals surface area contributed by atoms with Crippen LogP contribution in [0.25, 0.3) is 0 Å². The van der Waals surface area contributed by atoms with Crippen LogP contribution in [0.3, 0.4) is 0 Å². The van der Waals surface area contributed by atoms with E-state index in [2.05, 4.69) is 11.4 Å². The van der Waals surface area contributed by atoms with Gasteiger partial charge in [0.1, 0.15) is 6.54 Å². The molecule has 140 valence electrons. The number of nitrogens with one attached hydrogen (secondary N) is 1. The number of fused-ring (bicyclic) bond motifs is 1. The van der Waals surface area contributed by atoms with Crippen molar-refractivity contribution in [1.29, 1.82) is 0 Å². The van der Waals surface area contributed by atoms with Crippen LogP contribution in [-0.4, -0.2) is 48.9 Å². The molecule has 3 heterocycles. The molecule has 0 bridgehead atoms. The molecule has 0 radical (unpaired) electrons. The molecule has 2 aromatic rings. The third-order valence-electron chi connectivity index (χ3n) is 5.30. The minimum Gasteiger partial charge on any atom is -0.381 e. The van der Waals surface area contributed by atoms with E-state index in [9.17, 15) is 14.4 Å². The highest BCUT2D eigenvalue weighted by molar-refractivity contribution is 7.10. The third kappa shape index (κ3) is 3.28. The summed E-state index contributed by atoms with van der Waals surface area (Å²) in [6.45, 7) is 1.53. The van der Waals surface area contributed by atoms with Gasteiger partial charge >= 0.3 is 0 Å². The van der Waals surface area contributed by atoms with Crippen LogP contribution in [0.15, 0.2) is 41.8 Å². The molecule has 0 aliphatic carbocycles. The van der Waals surface area contributed by atoms with Crippen LogP contribution in [0.5, 0.6) is 0 Å². The molecular weight excluding hydrogens is 364 g/mol. The minimum atomic E-state index is -0.412. The predicted molar refractivity (Wildman–Crippen MR) is 101 cm³/mol. The lowest BCUT2D eigenvalue weighted by atomic mass is 9.78. The Morgan fingerprint density at radius 1 is 1.07 bits per heavy atom. The largest absolute Gasteiger partial charge is 0.381 e. The Balaban J connectivity index is 1.43. The SMILES string of the molecule is O=C(CN1C(=O)c2ccccc2C1=O)NCC1(c2cccs2)CCOCC1. The maximum Gasteiger partial charge on any atom is 0.262 e. The Bertz CT molecular complexity index is 837. The number of ether oxygens (including phenoxy) is 1. The number of hydrogen-bond acceptors (Lipinski definition) is 5. The van der Waals surface area contributed by atoms with E-state index in [4.69, 9.17) is 4.74 Å². The van der Waals surface area contributed by atoms with Gasteiger partial charge in [0, 0.05) is 30.1 Å². The molecule has 1 N–H and O–H groups in total. The van der Waals surface area contributed by atoms with Crippen molar-refractivity contribution in [2.75, 3.05) is 26.3 Å². The van der Waals surface area contributed by atoms with Gasteiger partial charge in [0.05, 0.1) is 11.1 Å². The summed E-state index contributed by atoms with van der Waals surface area (Å²) in [5.41, 5.74) is 0.564. The average molecular weight is 384 g/mol. The number of thiophene rings is 1. The molecule has 4 rings (SSSR count). The second-order valence-electron chi connectivity index (χ2n) is 6.89. The highest BCUT2D eigenvalue weighted by Crippen LogP contribution is 2.37. The van der Waals surface area contributed by atoms with Gasteiger partial charge in [0.15, 0.2) is 0 Å². The quantitative estimate of drug-likeness (QED) is 0.802. The molecule has 3 amide bonds. The highest BCUT2D eigenvalue weighted by atomic mass is 32.1. The van der Waals surface area contributed by atoms with E-state index in [-0.39, 0.29) is 17.9 Å². The van der Waals surface area contributed by atoms with Gasteiger partial charge in [-0.15, -0.1) is 11.3 Å². The Morgan fingerprint density at radius 2 is 1.74 bits per heavy atom. The van der Waals surface area contributed by atoms with E-state index in [1.165, 1.54) is 4.88 Å². The van der Waals surface area contributed by atoms with Crippen molar-refractivity contribution in [1.82, 2.24) is 10.2 Å². The van der Waals surface area contributed by atoms with Crippen molar-refractivity contribution >= 4 is 29.1 Å². The minimum absolute atomic E-state index is 0.149. The smallest absolute Gasteiger partial charge is 0.262 e. The number of carbonyl (C=O) groups is 3. The first-order chi connectivity index (χ1) is 13.1. The molecule has 7 heteroatoms. The number of nitrogens with zero attached hydrogens (tertiary/aromatic N) is 1. The van der Waals surface area contributed by atoms with Crippen LogP contribution in [0.4, 0.5) is 0 Å². The van der Waals surface area contributed by atoms with Gasteiger partial charge in [0.2, 0.25) is 5.91 Å². The summed E-state index contributed by atoms with van der Waals surface area (Å²) in [7, 11) is 0. The van der Waals surface area contributed by atoms with E-state index in [1.54, 1.807) is 35.6 Å². The molecule has 1 fully saturated rings. The first kappa shape index (κ1) is 17.9. The second-order valence-corrected chi connectivity index (χ2v) is 7.84. The first-order valence-electron chi connectivity index (χ1n) is 8.94. The topological polar surface area (TPSA) is 75.7 Å². The van der Waals surface area contributed by atoms with Gasteiger partial charge in [-0.2, -0.15) is 0 Å². The zero-order valence-corrected chi connectivity index (χ0v) is 15.6. The number of hydrogen-bond donors (Lipinski definition) is 1. The average Bonchev–Trinajstić information content (AvgIpc) is 3.32. The van der Waals surface area contributed by atoms with Crippen molar-refractivity contribution in [3.05, 3.63) is 57.8 Å². The zero-order valence-electron chi connectivity index (χ0n) is 14.8. The van der Waals surface area contributed by atoms with Gasteiger partial charge in [0.25, 0.3) is 11.8 Å². The molecule has 0 spiro atoms. The molecule has 2 aliphatic rings. The Hall–Kier alpha value is -2.51. The fourth-order valence-electron chi connectivity index (χ4n) is 3.70. The molecule has 1 aromatic carbocycles. The summed E-state index contributed by atoms with van der Waals surface area (Å²) in [6.07, 6.45) is 1.67. The zero-order chi connectivity index (χ0) is 18.9. The number of imide groups is 1. The summed E-state index contributed by atoms with van der Waals surface area (Å²) < 4.78 is 5.50. The molecule has 2 aliphatic heterocycles. The lowest BCUT2D eigenvalue weighted by Gasteiger charge is -2.36. The maximum absolute atomic E-state index is 12.5. The van der Waals surface area contributed by atoms with Crippen LogP contribution < -0.4 is 5.32 Å². The summed E-state index contributed by atoms with van der Waals surface area (Å²) in [6, 6.07) is 10.7. The van der Waals surface area contributed by atoms with Gasteiger partial charge in [-0.25, -0.2) is 0 Å². The van der Waals surface area contributed by atoms with Crippen molar-refractivity contribution in [2.24, 2.45) is 0 Å². The first-order valence-corrected chi connectivity index (χ1v) is 9.82. The van der Waals surface area contributed by atoms with E-state index >= 15 is 0 Å². The molecule has 27 heavy (non-hydrogen) atoms. The van der Waals surface area contributed by atoms with E-state index in [0.29, 0.717) is 30.9 Å². The number of carbonyl (C=O) groups excluding carboxylic acids is 3. The molecule has 0 saturated carbocycles. The molecule has 1 saturated heterocycles. The second kappa shape index (κ2) is 7.25. The summed E-state index contributed by atoms with van der Waals surface area (Å²) >= 11 is 1.68. The summed E-state index contributed by atoms with van der Waals surface area (Å²) in [4.78, 5) is 39.6. The van der Waals surface area contributed by atoms with Crippen LogP contribution in [0, 0.1) is 0 Å². The van der Waals surface area contributed by atoms with E-state index in [0.717, 1.165) is 17.7 Å². The lowest BCUT2D eigenvalue weighted by molar-refractivity contribution is -0.121. The number of benzene rings is 1. The van der Waals surface area contributed by atoms with Crippen molar-refractivity contribution < 1.29 is 19.1 Å². The Kier molecular flexibility index (Phi) is 4.80. The van der Waals surface area contributed by atoms with Crippen molar-refractivity contribution in [3.63, 3.8) is 0 Å². The van der Waals surface area contributed by atoms with Crippen LogP contribution >= 0.6 is 11.3 Å². The van der Waals surface area contributed by atoms with Crippen molar-refractivity contribution in [2.45, 2.75) is 18.3 Å². The Morgan fingerprint density at radius 3 is 2.33 bits per heavy atom. The standard InChI is InChI=1S/C20H20N2O4S/c23-17(12-22-18(24)14-4-1-2-5-15(14)19(22)25)21-13-20(7-9-26-10-8-20)16-6-3-11-27-16/h1-6,11H,7-10,12-13H2,(H,21,23). The predicted octanol–water partition coefficient (Wildman–Crippen LogP) is 2.21. The molecule has 0 unspecified atom stereocenters. The molecule has 1 aromatic heterocycles. The van der Waals surface area contributed by atoms with Gasteiger partial charge in [-0.3, -0.25) is 19.3 Å². The highest BCUT2D eigenvalue weighted by Gasteiger charge is 2.38. The fourth-order valence-corrected chi connectivity index (χ4v) is 4.69. The fraction of sp³-hybridized carbons (Fsp3) is 0.350. The van der Waals surface area contributed by atoms with Gasteiger partial charge in [-0.1, -0.05) is 18.2 Å². The maximum atomic E-state index is 12.5. The van der Waals surface area contributed by atoms with Crippen LogP contribution in [0.2, 0.25) is 0 Å². The van der Waals surface area contributed by atoms with E-state index in [1.807, 2.05) is 11.4 Å². The van der Waals surface area contributed by atoms with Crippen LogP contribution in [0.1, 0.15) is 38.4 Å². The Labute approximate surface area is 161 Å². The van der Waals surface area contributed by atoms with E-state index < -0.39 is 11.8 Å².